The molecule has 1 heterocycles. The van der Waals surface area contributed by atoms with Gasteiger partial charge in [-0.3, -0.25) is 4.79 Å². The normalized spacial score (nSPS) is 17.6. The van der Waals surface area contributed by atoms with Crippen molar-refractivity contribution in [2.75, 3.05) is 10.8 Å². The van der Waals surface area contributed by atoms with Crippen LogP contribution < -0.4 is 4.23 Å². The van der Waals surface area contributed by atoms with E-state index >= 15 is 0 Å². The third-order valence-electron chi connectivity index (χ3n) is 6.18. The number of cyclic esters (lactones) is 1. The number of benzene rings is 2. The lowest BCUT2D eigenvalue weighted by Crippen LogP contribution is -2.59. The molecule has 0 saturated carbocycles. The van der Waals surface area contributed by atoms with E-state index < -0.39 is 22.6 Å². The molecule has 1 fully saturated rings. The van der Waals surface area contributed by atoms with Crippen LogP contribution in [0.15, 0.2) is 54.6 Å². The van der Waals surface area contributed by atoms with Gasteiger partial charge >= 0.3 is 6.09 Å². The van der Waals surface area contributed by atoms with Gasteiger partial charge in [0.25, 0.3) is 0 Å². The van der Waals surface area contributed by atoms with Crippen molar-refractivity contribution in [1.29, 1.82) is 0 Å². The van der Waals surface area contributed by atoms with E-state index in [1.807, 2.05) is 30.3 Å². The van der Waals surface area contributed by atoms with Gasteiger partial charge in [0.1, 0.15) is 29.1 Å². The zero-order valence-corrected chi connectivity index (χ0v) is 23.1. The molecule has 33 heavy (non-hydrogen) atoms. The van der Waals surface area contributed by atoms with E-state index in [9.17, 15) is 9.59 Å². The Morgan fingerprint density at radius 1 is 1.03 bits per heavy atom. The van der Waals surface area contributed by atoms with E-state index in [1.54, 1.807) is 0 Å². The molecule has 2 aromatic rings. The highest BCUT2D eigenvalue weighted by Crippen LogP contribution is 2.34. The molecular weight excluding hydrogens is 444 g/mol. The molecule has 0 N–H and O–H groups in total. The Morgan fingerprint density at radius 2 is 1.67 bits per heavy atom. The molecule has 178 valence electrons. The topological polar surface area (TPSA) is 49.9 Å². The maximum atomic E-state index is 13.3. The molecule has 0 aliphatic carbocycles. The second-order valence-electron chi connectivity index (χ2n) is 10.8. The average Bonchev–Trinajstić information content (AvgIpc) is 3.12. The summed E-state index contributed by atoms with van der Waals surface area (Å²) in [5.74, 6) is -0.122. The van der Waals surface area contributed by atoms with Gasteiger partial charge in [0.2, 0.25) is 5.91 Å². The number of rotatable bonds is 8. The van der Waals surface area contributed by atoms with Gasteiger partial charge in [0, 0.05) is 12.1 Å². The molecule has 2 atom stereocenters. The van der Waals surface area contributed by atoms with Crippen molar-refractivity contribution in [3.05, 3.63) is 65.7 Å². The molecule has 0 bridgehead atoms. The molecule has 1 aliphatic rings. The fraction of sp³-hybridized carbons (Fsp3) is 0.462. The first kappa shape index (κ1) is 25.2. The molecule has 2 amide bonds. The van der Waals surface area contributed by atoms with Crippen LogP contribution in [0, 0.1) is 0 Å². The largest absolute Gasteiger partial charge is 0.446 e. The lowest BCUT2D eigenvalue weighted by atomic mass is 9.92. The lowest BCUT2D eigenvalue weighted by molar-refractivity contribution is -0.129. The minimum Gasteiger partial charge on any atom is -0.446 e. The minimum absolute atomic E-state index is 0.0485. The molecule has 5 nitrogen and oxygen atoms in total. The second kappa shape index (κ2) is 9.85. The summed E-state index contributed by atoms with van der Waals surface area (Å²) >= 11 is 0. The summed E-state index contributed by atoms with van der Waals surface area (Å²) in [5.41, 5.74) is 3.35. The average molecular weight is 483 g/mol. The fourth-order valence-electron chi connectivity index (χ4n) is 5.12. The maximum Gasteiger partial charge on any atom is 0.417 e. The van der Waals surface area contributed by atoms with Gasteiger partial charge in [0.15, 0.2) is 0 Å². The molecule has 1 saturated heterocycles. The smallest absolute Gasteiger partial charge is 0.417 e. The van der Waals surface area contributed by atoms with Crippen LogP contribution in [0.1, 0.15) is 42.9 Å². The number of anilines is 1. The number of hydrogen-bond acceptors (Lipinski definition) is 4. The Labute approximate surface area is 200 Å². The monoisotopic (exact) mass is 482 g/mol. The van der Waals surface area contributed by atoms with Crippen LogP contribution in [0.3, 0.4) is 0 Å². The Balaban J connectivity index is 1.86. The minimum atomic E-state index is -1.58. The quantitative estimate of drug-likeness (QED) is 0.390. The van der Waals surface area contributed by atoms with Crippen molar-refractivity contribution in [2.45, 2.75) is 71.0 Å². The molecule has 3 rings (SSSR count). The molecule has 7 heteroatoms. The van der Waals surface area contributed by atoms with E-state index in [-0.39, 0.29) is 30.9 Å². The molecule has 0 spiro atoms. The summed E-state index contributed by atoms with van der Waals surface area (Å²) in [6.07, 6.45) is 0.577. The fourth-order valence-corrected chi connectivity index (χ4v) is 15.0. The number of amides is 2. The number of ether oxygens (including phenoxy) is 1. The van der Waals surface area contributed by atoms with Crippen LogP contribution >= 0.6 is 0 Å². The van der Waals surface area contributed by atoms with Crippen LogP contribution in [-0.4, -0.2) is 40.0 Å². The SMILES string of the molecule is CC[C@@H](CC(=O)N1C(=O)OC[C@H]1c1ccccc1)c1cccc(N([Si](C)(C)C)[Si](C)(C)C)c1. The van der Waals surface area contributed by atoms with E-state index in [4.69, 9.17) is 4.74 Å². The van der Waals surface area contributed by atoms with Crippen LogP contribution in [-0.2, 0) is 9.53 Å². The Kier molecular flexibility index (Phi) is 7.53. The summed E-state index contributed by atoms with van der Waals surface area (Å²) in [6, 6.07) is 18.0. The van der Waals surface area contributed by atoms with Crippen molar-refractivity contribution in [1.82, 2.24) is 4.90 Å². The second-order valence-corrected chi connectivity index (χ2v) is 20.9. The zero-order chi connectivity index (χ0) is 24.4. The summed E-state index contributed by atoms with van der Waals surface area (Å²) in [4.78, 5) is 27.1. The zero-order valence-electron chi connectivity index (χ0n) is 21.1. The highest BCUT2D eigenvalue weighted by atomic mass is 28.4. The van der Waals surface area contributed by atoms with Crippen molar-refractivity contribution in [3.8, 4) is 0 Å². The number of hydrogen-bond donors (Lipinski definition) is 0. The Morgan fingerprint density at radius 3 is 2.24 bits per heavy atom. The predicted octanol–water partition coefficient (Wildman–Crippen LogP) is 6.77. The van der Waals surface area contributed by atoms with Crippen molar-refractivity contribution < 1.29 is 14.3 Å². The van der Waals surface area contributed by atoms with Gasteiger partial charge < -0.3 is 8.97 Å². The third kappa shape index (κ3) is 5.76. The van der Waals surface area contributed by atoms with Crippen molar-refractivity contribution >= 4 is 34.2 Å². The predicted molar refractivity (Wildman–Crippen MR) is 141 cm³/mol. The van der Waals surface area contributed by atoms with E-state index in [0.29, 0.717) is 0 Å². The van der Waals surface area contributed by atoms with Crippen LogP contribution in [0.25, 0.3) is 0 Å². The van der Waals surface area contributed by atoms with Gasteiger partial charge in [-0.05, 0) is 35.6 Å². The lowest BCUT2D eigenvalue weighted by Gasteiger charge is -2.46. The Bertz CT molecular complexity index is 969. The molecule has 1 aliphatic heterocycles. The molecule has 2 aromatic carbocycles. The highest BCUT2D eigenvalue weighted by molar-refractivity contribution is 6.99. The van der Waals surface area contributed by atoms with Crippen molar-refractivity contribution in [2.24, 2.45) is 0 Å². The third-order valence-corrected chi connectivity index (χ3v) is 13.4. The van der Waals surface area contributed by atoms with Crippen LogP contribution in [0.5, 0.6) is 0 Å². The van der Waals surface area contributed by atoms with E-state index in [1.165, 1.54) is 10.6 Å². The van der Waals surface area contributed by atoms with E-state index in [2.05, 4.69) is 74.7 Å². The van der Waals surface area contributed by atoms with Gasteiger partial charge in [-0.15, -0.1) is 0 Å². The number of nitrogens with zero attached hydrogens (tertiary/aromatic N) is 2. The maximum absolute atomic E-state index is 13.3. The van der Waals surface area contributed by atoms with Crippen LogP contribution in [0.2, 0.25) is 39.3 Å². The van der Waals surface area contributed by atoms with Crippen molar-refractivity contribution in [3.63, 3.8) is 0 Å². The number of imide groups is 1. The first-order valence-corrected chi connectivity index (χ1v) is 18.8. The number of carbonyl (C=O) groups excluding carboxylic acids is 2. The van der Waals surface area contributed by atoms with Gasteiger partial charge in [0.05, 0.1) is 0 Å². The summed E-state index contributed by atoms with van der Waals surface area (Å²) in [7, 11) is -3.16. The summed E-state index contributed by atoms with van der Waals surface area (Å²) in [6.45, 7) is 16.7. The first-order valence-electron chi connectivity index (χ1n) is 11.9. The van der Waals surface area contributed by atoms with E-state index in [0.717, 1.165) is 17.5 Å². The summed E-state index contributed by atoms with van der Waals surface area (Å²) < 4.78 is 7.96. The molecule has 0 aromatic heterocycles. The molecular formula is C26H38N2O3Si2. The van der Waals surface area contributed by atoms with Gasteiger partial charge in [-0.2, -0.15) is 0 Å². The Hall–Kier alpha value is -2.39. The summed E-state index contributed by atoms with van der Waals surface area (Å²) in [5, 5.41) is 0. The highest BCUT2D eigenvalue weighted by Gasteiger charge is 2.39. The van der Waals surface area contributed by atoms with Gasteiger partial charge in [-0.25, -0.2) is 9.69 Å². The molecule has 0 unspecified atom stereocenters. The molecule has 0 radical (unpaired) electrons. The first-order chi connectivity index (χ1) is 15.4. The van der Waals surface area contributed by atoms with Gasteiger partial charge in [-0.1, -0.05) is 88.7 Å². The van der Waals surface area contributed by atoms with Crippen LogP contribution in [0.4, 0.5) is 10.5 Å². The standard InChI is InChI=1S/C26H38N2O3Si2/c1-8-20(22-15-12-16-23(17-22)28(32(2,3)4)33(5,6)7)18-25(29)27-24(19-31-26(27)30)21-13-10-9-11-14-21/h9-17,20,24H,8,18-19H2,1-7H3/t20-,24-/m0/s1. The number of carbonyl (C=O) groups is 2.